The summed E-state index contributed by atoms with van der Waals surface area (Å²) in [6.45, 7) is 24.0. The summed E-state index contributed by atoms with van der Waals surface area (Å²) in [7, 11) is 0. The molecule has 2 unspecified atom stereocenters. The van der Waals surface area contributed by atoms with E-state index in [0.717, 1.165) is 35.4 Å². The lowest BCUT2D eigenvalue weighted by Crippen LogP contribution is -2.01. The predicted molar refractivity (Wildman–Crippen MR) is 226 cm³/mol. The predicted octanol–water partition coefficient (Wildman–Crippen LogP) is 15.8. The molecule has 5 heterocycles. The van der Waals surface area contributed by atoms with Crippen LogP contribution < -0.4 is 0 Å². The second-order valence-corrected chi connectivity index (χ2v) is 18.9. The maximum atomic E-state index is 9.57. The molecule has 0 amide bonds. The molecule has 9 heteroatoms. The summed E-state index contributed by atoms with van der Waals surface area (Å²) in [5, 5.41) is 21.7. The maximum absolute atomic E-state index is 9.57. The first kappa shape index (κ1) is 38.7. The van der Waals surface area contributed by atoms with Gasteiger partial charge in [-0.2, -0.15) is 0 Å². The molecule has 51 heavy (non-hydrogen) atoms. The summed E-state index contributed by atoms with van der Waals surface area (Å²) >= 11 is 8.94. The topological polar surface area (TPSA) is 56.3 Å². The first-order valence-electron chi connectivity index (χ1n) is 18.1. The number of nitrogens with zero attached hydrogens (tertiary/aromatic N) is 4. The van der Waals surface area contributed by atoms with E-state index in [9.17, 15) is 10.5 Å². The standard InChI is InChI=1S/C42H44N4S5/c1-7-11-13-14-16-28(10-4)32-22-38(48-36(32)21-31(26-44)46-6)40-24-34-33-23-39(49-41(33)51-42(34)50-40)37-19-29(18-17-27(9-3)15-12-8-2)35(47-37)20-30(25-43)45-5/h19-24,27-28H,7-18H2,1-4H3/b30-20+,31-21-. The van der Waals surface area contributed by atoms with Gasteiger partial charge in [0.25, 0.3) is 11.4 Å². The van der Waals surface area contributed by atoms with E-state index in [1.54, 1.807) is 34.8 Å². The molecule has 0 aromatic carbocycles. The van der Waals surface area contributed by atoms with Crippen molar-refractivity contribution in [2.24, 2.45) is 5.92 Å². The molecule has 0 radical (unpaired) electrons. The molecule has 0 fully saturated rings. The zero-order valence-electron chi connectivity index (χ0n) is 29.9. The molecule has 2 atom stereocenters. The Kier molecular flexibility index (Phi) is 14.3. The normalized spacial score (nSPS) is 13.3. The number of thiophene rings is 5. The second-order valence-electron chi connectivity index (χ2n) is 13.1. The van der Waals surface area contributed by atoms with Crippen molar-refractivity contribution in [3.05, 3.63) is 79.4 Å². The van der Waals surface area contributed by atoms with Crippen LogP contribution in [-0.2, 0) is 6.42 Å². The summed E-state index contributed by atoms with van der Waals surface area (Å²) in [5.41, 5.74) is 2.79. The summed E-state index contributed by atoms with van der Waals surface area (Å²) in [5.74, 6) is 1.11. The minimum absolute atomic E-state index is 0.136. The third-order valence-electron chi connectivity index (χ3n) is 9.70. The van der Waals surface area contributed by atoms with Crippen molar-refractivity contribution in [1.29, 1.82) is 10.5 Å². The number of fused-ring (bicyclic) bond motifs is 3. The number of rotatable bonds is 18. The van der Waals surface area contributed by atoms with Crippen LogP contribution in [-0.4, -0.2) is 0 Å². The minimum atomic E-state index is 0.136. The highest BCUT2D eigenvalue weighted by molar-refractivity contribution is 7.50. The van der Waals surface area contributed by atoms with Gasteiger partial charge in [0.05, 0.1) is 33.3 Å². The summed E-state index contributed by atoms with van der Waals surface area (Å²) < 4.78 is 2.64. The Balaban J connectivity index is 1.49. The van der Waals surface area contributed by atoms with Crippen LogP contribution in [0.15, 0.2) is 35.7 Å². The molecule has 0 bridgehead atoms. The van der Waals surface area contributed by atoms with Crippen LogP contribution in [0, 0.1) is 41.7 Å². The molecule has 0 spiro atoms. The molecule has 0 saturated heterocycles. The van der Waals surface area contributed by atoms with E-state index in [1.807, 2.05) is 34.0 Å². The van der Waals surface area contributed by atoms with Crippen LogP contribution in [0.3, 0.4) is 0 Å². The maximum Gasteiger partial charge on any atom is 0.263 e. The van der Waals surface area contributed by atoms with Gasteiger partial charge in [-0.1, -0.05) is 79.1 Å². The Bertz CT molecular complexity index is 2150. The third kappa shape index (κ3) is 9.28. The highest BCUT2D eigenvalue weighted by Gasteiger charge is 2.21. The molecule has 0 aliphatic rings. The van der Waals surface area contributed by atoms with Crippen molar-refractivity contribution in [3.63, 3.8) is 0 Å². The van der Waals surface area contributed by atoms with Gasteiger partial charge in [0.15, 0.2) is 0 Å². The number of aryl methyl sites for hydroxylation is 1. The quantitative estimate of drug-likeness (QED) is 0.0507. The van der Waals surface area contributed by atoms with E-state index in [-0.39, 0.29) is 11.4 Å². The molecular weight excluding hydrogens is 721 g/mol. The molecule has 4 nitrogen and oxygen atoms in total. The third-order valence-corrected chi connectivity index (χ3v) is 16.0. The Morgan fingerprint density at radius 1 is 0.667 bits per heavy atom. The van der Waals surface area contributed by atoms with Crippen molar-refractivity contribution < 1.29 is 0 Å². The fraction of sp³-hybridized carbons (Fsp3) is 0.429. The smallest absolute Gasteiger partial charge is 0.227 e. The highest BCUT2D eigenvalue weighted by atomic mass is 32.2. The van der Waals surface area contributed by atoms with E-state index in [2.05, 4.69) is 73.8 Å². The molecular formula is C42H44N4S5. The van der Waals surface area contributed by atoms with Crippen LogP contribution in [0.2, 0.25) is 0 Å². The van der Waals surface area contributed by atoms with Crippen molar-refractivity contribution in [2.45, 2.75) is 111 Å². The number of nitriles is 2. The van der Waals surface area contributed by atoms with E-state index in [1.165, 1.54) is 101 Å². The van der Waals surface area contributed by atoms with Gasteiger partial charge < -0.3 is 0 Å². The zero-order valence-corrected chi connectivity index (χ0v) is 34.0. The van der Waals surface area contributed by atoms with Gasteiger partial charge in [0, 0.05) is 40.0 Å². The monoisotopic (exact) mass is 764 g/mol. The van der Waals surface area contributed by atoms with Crippen LogP contribution in [0.25, 0.3) is 60.2 Å². The molecule has 262 valence electrons. The number of hydrogen-bond acceptors (Lipinski definition) is 7. The van der Waals surface area contributed by atoms with Gasteiger partial charge in [-0.15, -0.1) is 56.7 Å². The van der Waals surface area contributed by atoms with Crippen LogP contribution in [0.5, 0.6) is 0 Å². The molecule has 0 saturated carbocycles. The van der Waals surface area contributed by atoms with E-state index in [4.69, 9.17) is 13.1 Å². The molecule has 5 rings (SSSR count). The average Bonchev–Trinajstić information content (AvgIpc) is 3.97. The first-order chi connectivity index (χ1) is 24.9. The number of hydrogen-bond donors (Lipinski definition) is 0. The van der Waals surface area contributed by atoms with E-state index < -0.39 is 0 Å². The van der Waals surface area contributed by atoms with E-state index >= 15 is 0 Å². The van der Waals surface area contributed by atoms with Gasteiger partial charge in [-0.3, -0.25) is 0 Å². The van der Waals surface area contributed by atoms with Crippen molar-refractivity contribution in [3.8, 4) is 31.6 Å². The number of allylic oxidation sites excluding steroid dienone is 2. The van der Waals surface area contributed by atoms with Crippen LogP contribution in [0.1, 0.15) is 125 Å². The summed E-state index contributed by atoms with van der Waals surface area (Å²) in [4.78, 5) is 13.9. The lowest BCUT2D eigenvalue weighted by Gasteiger charge is -2.15. The first-order valence-corrected chi connectivity index (χ1v) is 22.2. The molecule has 0 aliphatic heterocycles. The fourth-order valence-corrected chi connectivity index (χ4v) is 13.2. The SMILES string of the molecule is [C-]#[N+]/C(C#N)=C\c1sc(-c2cc3c(s2)sc2sc(-c4cc(CCC(CC)CCCC)c(/C=C(\C#N)[N+]#[C-])s4)cc23)cc1C(CC)CCCCCC. The van der Waals surface area contributed by atoms with Crippen molar-refractivity contribution in [1.82, 2.24) is 0 Å². The fourth-order valence-electron chi connectivity index (χ4n) is 6.69. The molecule has 5 aromatic rings. The van der Waals surface area contributed by atoms with Crippen molar-refractivity contribution >= 4 is 87.6 Å². The zero-order chi connectivity index (χ0) is 36.3. The van der Waals surface area contributed by atoms with Crippen LogP contribution in [0.4, 0.5) is 0 Å². The molecule has 5 aromatic heterocycles. The largest absolute Gasteiger partial charge is 0.263 e. The van der Waals surface area contributed by atoms with Gasteiger partial charge in [-0.25, -0.2) is 20.2 Å². The Morgan fingerprint density at radius 2 is 1.25 bits per heavy atom. The lowest BCUT2D eigenvalue weighted by molar-refractivity contribution is 0.422. The Labute approximate surface area is 323 Å². The molecule has 0 N–H and O–H groups in total. The van der Waals surface area contributed by atoms with E-state index in [0.29, 0.717) is 11.8 Å². The lowest BCUT2D eigenvalue weighted by atomic mass is 9.90. The second kappa shape index (κ2) is 18.8. The average molecular weight is 765 g/mol. The van der Waals surface area contributed by atoms with Crippen LogP contribution >= 0.6 is 56.7 Å². The van der Waals surface area contributed by atoms with Gasteiger partial charge >= 0.3 is 0 Å². The Morgan fingerprint density at radius 3 is 1.82 bits per heavy atom. The molecule has 0 aliphatic carbocycles. The number of unbranched alkanes of at least 4 members (excludes halogenated alkanes) is 4. The van der Waals surface area contributed by atoms with Gasteiger partial charge in [0.2, 0.25) is 0 Å². The van der Waals surface area contributed by atoms with Gasteiger partial charge in [0.1, 0.15) is 0 Å². The van der Waals surface area contributed by atoms with Gasteiger partial charge in [-0.05, 0) is 85.1 Å². The summed E-state index contributed by atoms with van der Waals surface area (Å²) in [6, 6.07) is 13.5. The van der Waals surface area contributed by atoms with Crippen molar-refractivity contribution in [2.75, 3.05) is 0 Å². The summed E-state index contributed by atoms with van der Waals surface area (Å²) in [6.07, 6.45) is 17.7. The highest BCUT2D eigenvalue weighted by Crippen LogP contribution is 2.50. The Hall–Kier alpha value is -3.54. The minimum Gasteiger partial charge on any atom is -0.227 e.